The van der Waals surface area contributed by atoms with Crippen molar-refractivity contribution in [2.45, 2.75) is 40.7 Å². The van der Waals surface area contributed by atoms with Crippen LogP contribution in [0.15, 0.2) is 0 Å². The predicted octanol–water partition coefficient (Wildman–Crippen LogP) is 1.94. The third-order valence-corrected chi connectivity index (χ3v) is 2.07. The van der Waals surface area contributed by atoms with Crippen LogP contribution in [0.5, 0.6) is 0 Å². The van der Waals surface area contributed by atoms with E-state index in [9.17, 15) is 4.79 Å². The second-order valence-corrected chi connectivity index (χ2v) is 4.26. The van der Waals surface area contributed by atoms with Gasteiger partial charge in [-0.15, -0.1) is 0 Å². The first-order chi connectivity index (χ1) is 5.43. The first kappa shape index (κ1) is 11.6. The van der Waals surface area contributed by atoms with Gasteiger partial charge in [-0.3, -0.25) is 0 Å². The SMILES string of the molecule is CCN(CC(C)(C)C=O)C(C)C. The van der Waals surface area contributed by atoms with Crippen LogP contribution >= 0.6 is 0 Å². The predicted molar refractivity (Wildman–Crippen MR) is 52.2 cm³/mol. The van der Waals surface area contributed by atoms with E-state index < -0.39 is 0 Å². The van der Waals surface area contributed by atoms with Crippen LogP contribution in [0.1, 0.15) is 34.6 Å². The minimum absolute atomic E-state index is 0.208. The first-order valence-corrected chi connectivity index (χ1v) is 4.63. The number of carbonyl (C=O) groups is 1. The van der Waals surface area contributed by atoms with Gasteiger partial charge in [0.2, 0.25) is 0 Å². The largest absolute Gasteiger partial charge is 0.303 e. The Morgan fingerprint density at radius 1 is 1.42 bits per heavy atom. The molecule has 2 nitrogen and oxygen atoms in total. The molecule has 0 saturated heterocycles. The van der Waals surface area contributed by atoms with Crippen molar-refractivity contribution in [3.05, 3.63) is 0 Å². The van der Waals surface area contributed by atoms with Gasteiger partial charge < -0.3 is 9.69 Å². The van der Waals surface area contributed by atoms with Gasteiger partial charge in [-0.2, -0.15) is 0 Å². The summed E-state index contributed by atoms with van der Waals surface area (Å²) in [5.41, 5.74) is -0.208. The number of aldehydes is 1. The molecule has 0 spiro atoms. The van der Waals surface area contributed by atoms with Crippen molar-refractivity contribution < 1.29 is 4.79 Å². The smallest absolute Gasteiger partial charge is 0.126 e. The number of rotatable bonds is 5. The van der Waals surface area contributed by atoms with Gasteiger partial charge in [0, 0.05) is 18.0 Å². The Balaban J connectivity index is 4.10. The van der Waals surface area contributed by atoms with Gasteiger partial charge in [0.25, 0.3) is 0 Å². The Labute approximate surface area is 75.9 Å². The Morgan fingerprint density at radius 3 is 2.17 bits per heavy atom. The van der Waals surface area contributed by atoms with Gasteiger partial charge >= 0.3 is 0 Å². The zero-order chi connectivity index (χ0) is 9.78. The van der Waals surface area contributed by atoms with Crippen LogP contribution < -0.4 is 0 Å². The lowest BCUT2D eigenvalue weighted by atomic mass is 9.94. The quantitative estimate of drug-likeness (QED) is 0.589. The van der Waals surface area contributed by atoms with Crippen LogP contribution in [0.3, 0.4) is 0 Å². The first-order valence-electron chi connectivity index (χ1n) is 4.63. The van der Waals surface area contributed by atoms with Crippen LogP contribution in [0, 0.1) is 5.41 Å². The summed E-state index contributed by atoms with van der Waals surface area (Å²) in [5.74, 6) is 0. The second kappa shape index (κ2) is 4.61. The van der Waals surface area contributed by atoms with Gasteiger partial charge in [0.15, 0.2) is 0 Å². The molecule has 0 aromatic heterocycles. The molecule has 72 valence electrons. The van der Waals surface area contributed by atoms with Crippen LogP contribution in [0.4, 0.5) is 0 Å². The molecule has 0 aliphatic carbocycles. The fourth-order valence-corrected chi connectivity index (χ4v) is 1.22. The summed E-state index contributed by atoms with van der Waals surface area (Å²) in [6.45, 7) is 12.3. The highest BCUT2D eigenvalue weighted by molar-refractivity contribution is 5.58. The number of carbonyl (C=O) groups excluding carboxylic acids is 1. The summed E-state index contributed by atoms with van der Waals surface area (Å²) in [4.78, 5) is 13.0. The standard InChI is InChI=1S/C10H21NO/c1-6-11(9(2)3)7-10(4,5)8-12/h8-9H,6-7H2,1-5H3. The molecule has 0 rings (SSSR count). The minimum atomic E-state index is -0.208. The molecule has 0 heterocycles. The molecule has 0 N–H and O–H groups in total. The lowest BCUT2D eigenvalue weighted by Gasteiger charge is -2.30. The second-order valence-electron chi connectivity index (χ2n) is 4.26. The zero-order valence-corrected chi connectivity index (χ0v) is 8.92. The van der Waals surface area contributed by atoms with E-state index in [1.165, 1.54) is 0 Å². The normalized spacial score (nSPS) is 12.6. The van der Waals surface area contributed by atoms with E-state index in [0.717, 1.165) is 19.4 Å². The molecule has 0 bridgehead atoms. The van der Waals surface area contributed by atoms with Crippen molar-refractivity contribution in [3.63, 3.8) is 0 Å². The highest BCUT2D eigenvalue weighted by atomic mass is 16.1. The number of nitrogens with zero attached hydrogens (tertiary/aromatic N) is 1. The molecule has 0 aromatic rings. The molecule has 0 saturated carbocycles. The van der Waals surface area contributed by atoms with E-state index in [4.69, 9.17) is 0 Å². The van der Waals surface area contributed by atoms with Gasteiger partial charge in [-0.1, -0.05) is 20.8 Å². The van der Waals surface area contributed by atoms with E-state index >= 15 is 0 Å². The van der Waals surface area contributed by atoms with Crippen molar-refractivity contribution in [2.75, 3.05) is 13.1 Å². The molecular formula is C10H21NO. The van der Waals surface area contributed by atoms with Gasteiger partial charge in [-0.05, 0) is 20.4 Å². The molecule has 0 aliphatic rings. The van der Waals surface area contributed by atoms with Gasteiger partial charge in [-0.25, -0.2) is 0 Å². The van der Waals surface area contributed by atoms with Crippen molar-refractivity contribution in [1.82, 2.24) is 4.90 Å². The van der Waals surface area contributed by atoms with Gasteiger partial charge in [0.1, 0.15) is 6.29 Å². The van der Waals surface area contributed by atoms with E-state index in [1.807, 2.05) is 13.8 Å². The Morgan fingerprint density at radius 2 is 1.92 bits per heavy atom. The average molecular weight is 171 g/mol. The van der Waals surface area contributed by atoms with Crippen LogP contribution in [0.25, 0.3) is 0 Å². The molecule has 0 fully saturated rings. The fraction of sp³-hybridized carbons (Fsp3) is 0.900. The number of hydrogen-bond acceptors (Lipinski definition) is 2. The minimum Gasteiger partial charge on any atom is -0.303 e. The molecule has 12 heavy (non-hydrogen) atoms. The van der Waals surface area contributed by atoms with Crippen molar-refractivity contribution in [3.8, 4) is 0 Å². The van der Waals surface area contributed by atoms with E-state index in [1.54, 1.807) is 0 Å². The third kappa shape index (κ3) is 3.86. The fourth-order valence-electron chi connectivity index (χ4n) is 1.22. The maximum atomic E-state index is 10.7. The Bertz CT molecular complexity index is 141. The Hall–Kier alpha value is -0.370. The van der Waals surface area contributed by atoms with E-state index in [0.29, 0.717) is 6.04 Å². The summed E-state index contributed by atoms with van der Waals surface area (Å²) in [6.07, 6.45) is 1.04. The van der Waals surface area contributed by atoms with Gasteiger partial charge in [0.05, 0.1) is 0 Å². The highest BCUT2D eigenvalue weighted by Gasteiger charge is 2.21. The molecule has 0 aromatic carbocycles. The third-order valence-electron chi connectivity index (χ3n) is 2.07. The summed E-state index contributed by atoms with van der Waals surface area (Å²) in [7, 11) is 0. The van der Waals surface area contributed by atoms with E-state index in [2.05, 4.69) is 25.7 Å². The lowest BCUT2D eigenvalue weighted by Crippen LogP contribution is -2.39. The number of hydrogen-bond donors (Lipinski definition) is 0. The monoisotopic (exact) mass is 171 g/mol. The van der Waals surface area contributed by atoms with Crippen LogP contribution in [0.2, 0.25) is 0 Å². The maximum Gasteiger partial charge on any atom is 0.126 e. The summed E-state index contributed by atoms with van der Waals surface area (Å²) in [5, 5.41) is 0. The highest BCUT2D eigenvalue weighted by Crippen LogP contribution is 2.14. The lowest BCUT2D eigenvalue weighted by molar-refractivity contribution is -0.115. The van der Waals surface area contributed by atoms with Crippen molar-refractivity contribution in [2.24, 2.45) is 5.41 Å². The molecule has 0 radical (unpaired) electrons. The van der Waals surface area contributed by atoms with Crippen molar-refractivity contribution >= 4 is 6.29 Å². The molecule has 2 heteroatoms. The van der Waals surface area contributed by atoms with Crippen molar-refractivity contribution in [1.29, 1.82) is 0 Å². The molecule has 0 amide bonds. The zero-order valence-electron chi connectivity index (χ0n) is 8.92. The maximum absolute atomic E-state index is 10.7. The molecule has 0 aliphatic heterocycles. The molecular weight excluding hydrogens is 150 g/mol. The summed E-state index contributed by atoms with van der Waals surface area (Å²) < 4.78 is 0. The van der Waals surface area contributed by atoms with Crippen LogP contribution in [-0.2, 0) is 4.79 Å². The molecule has 0 unspecified atom stereocenters. The topological polar surface area (TPSA) is 20.3 Å². The average Bonchev–Trinajstić information content (AvgIpc) is 2.00. The molecule has 0 atom stereocenters. The van der Waals surface area contributed by atoms with Crippen LogP contribution in [-0.4, -0.2) is 30.3 Å². The summed E-state index contributed by atoms with van der Waals surface area (Å²) >= 11 is 0. The Kier molecular flexibility index (Phi) is 4.46. The summed E-state index contributed by atoms with van der Waals surface area (Å²) in [6, 6.07) is 0.522. The van der Waals surface area contributed by atoms with E-state index in [-0.39, 0.29) is 5.41 Å².